The molecular weight excluding hydrogens is 346 g/mol. The lowest BCUT2D eigenvalue weighted by Crippen LogP contribution is -2.55. The van der Waals surface area contributed by atoms with Crippen molar-refractivity contribution < 1.29 is 23.1 Å². The Morgan fingerprint density at radius 1 is 1.36 bits per heavy atom. The second kappa shape index (κ2) is 6.29. The molecule has 8 nitrogen and oxygen atoms in total. The lowest BCUT2D eigenvalue weighted by molar-refractivity contribution is -0.146. The first-order valence-corrected chi connectivity index (χ1v) is 9.86. The number of rotatable bonds is 3. The summed E-state index contributed by atoms with van der Waals surface area (Å²) in [6, 6.07) is 0. The summed E-state index contributed by atoms with van der Waals surface area (Å²) in [4.78, 5) is 25.8. The van der Waals surface area contributed by atoms with Crippen LogP contribution in [0.5, 0.6) is 0 Å². The highest BCUT2D eigenvalue weighted by Gasteiger charge is 2.42. The predicted octanol–water partition coefficient (Wildman–Crippen LogP) is 0.634. The zero-order valence-corrected chi connectivity index (χ0v) is 14.8. The van der Waals surface area contributed by atoms with Crippen LogP contribution < -0.4 is 5.32 Å². The van der Waals surface area contributed by atoms with Crippen LogP contribution in [0.25, 0.3) is 0 Å². The van der Waals surface area contributed by atoms with Crippen molar-refractivity contribution in [2.75, 3.05) is 12.3 Å². The van der Waals surface area contributed by atoms with Crippen molar-refractivity contribution >= 4 is 27.7 Å². The second-order valence-corrected chi connectivity index (χ2v) is 8.61. The van der Waals surface area contributed by atoms with Crippen LogP contribution in [0, 0.1) is 5.92 Å². The Bertz CT molecular complexity index is 799. The summed E-state index contributed by atoms with van der Waals surface area (Å²) in [5, 5.41) is 12.3. The van der Waals surface area contributed by atoms with Crippen molar-refractivity contribution in [3.8, 4) is 0 Å². The van der Waals surface area contributed by atoms with Crippen molar-refractivity contribution in [1.82, 2.24) is 10.2 Å². The van der Waals surface area contributed by atoms with E-state index in [1.807, 2.05) is 0 Å². The van der Waals surface area contributed by atoms with E-state index >= 15 is 0 Å². The summed E-state index contributed by atoms with van der Waals surface area (Å²) in [6.45, 7) is 2.01. The standard InChI is InChI=1S/C16H21N3O5S/c1-16(7-3-2-4-12(16)15(21)22)17-14(20)11-5-6-13-18-25(23,24)9-8-19(13)10-11/h5-6,10,12H,2-4,7-9H2,1H3,(H,17,20)(H,21,22). The van der Waals surface area contributed by atoms with Gasteiger partial charge in [-0.15, -0.1) is 4.40 Å². The van der Waals surface area contributed by atoms with Gasteiger partial charge in [-0.3, -0.25) is 9.59 Å². The molecule has 0 radical (unpaired) electrons. The Hall–Kier alpha value is -2.16. The van der Waals surface area contributed by atoms with E-state index in [2.05, 4.69) is 9.71 Å². The Kier molecular flexibility index (Phi) is 4.44. The molecule has 1 amide bonds. The van der Waals surface area contributed by atoms with Gasteiger partial charge < -0.3 is 15.3 Å². The van der Waals surface area contributed by atoms with Crippen molar-refractivity contribution in [1.29, 1.82) is 0 Å². The van der Waals surface area contributed by atoms with Crippen LogP contribution in [0.1, 0.15) is 32.6 Å². The number of hydrogen-bond acceptors (Lipinski definition) is 5. The quantitative estimate of drug-likeness (QED) is 0.756. The molecule has 1 fully saturated rings. The van der Waals surface area contributed by atoms with Crippen LogP contribution in [0.4, 0.5) is 0 Å². The van der Waals surface area contributed by atoms with Crippen LogP contribution >= 0.6 is 0 Å². The molecular formula is C16H21N3O5S. The fourth-order valence-corrected chi connectivity index (χ4v) is 4.52. The normalized spacial score (nSPS) is 30.8. The van der Waals surface area contributed by atoms with Crippen molar-refractivity contribution in [3.05, 3.63) is 23.9 Å². The first kappa shape index (κ1) is 17.7. The fourth-order valence-electron chi connectivity index (χ4n) is 3.55. The number of aliphatic carboxylic acids is 1. The number of carbonyl (C=O) groups is 2. The summed E-state index contributed by atoms with van der Waals surface area (Å²) in [6.07, 6.45) is 7.42. The van der Waals surface area contributed by atoms with Crippen molar-refractivity contribution in [2.45, 2.75) is 38.1 Å². The molecule has 1 saturated carbocycles. The molecule has 0 aromatic heterocycles. The van der Waals surface area contributed by atoms with Gasteiger partial charge in [0.05, 0.1) is 22.8 Å². The molecule has 136 valence electrons. The number of carboxylic acids is 1. The van der Waals surface area contributed by atoms with Gasteiger partial charge in [0.2, 0.25) is 0 Å². The molecule has 25 heavy (non-hydrogen) atoms. The minimum absolute atomic E-state index is 0.103. The predicted molar refractivity (Wildman–Crippen MR) is 91.3 cm³/mol. The van der Waals surface area contributed by atoms with E-state index in [1.54, 1.807) is 18.0 Å². The maximum Gasteiger partial charge on any atom is 0.308 e. The van der Waals surface area contributed by atoms with E-state index in [-0.39, 0.29) is 24.0 Å². The number of sulfonamides is 1. The topological polar surface area (TPSA) is 116 Å². The maximum atomic E-state index is 12.6. The average Bonchev–Trinajstić information content (AvgIpc) is 2.53. The highest BCUT2D eigenvalue weighted by Crippen LogP contribution is 2.34. The number of carbonyl (C=O) groups excluding carboxylic acids is 1. The number of hydrogen-bond donors (Lipinski definition) is 2. The second-order valence-electron chi connectivity index (χ2n) is 6.85. The van der Waals surface area contributed by atoms with Gasteiger partial charge in [0.1, 0.15) is 5.84 Å². The van der Waals surface area contributed by atoms with Crippen LogP contribution in [-0.4, -0.2) is 54.0 Å². The van der Waals surface area contributed by atoms with E-state index < -0.39 is 27.4 Å². The zero-order chi connectivity index (χ0) is 18.2. The van der Waals surface area contributed by atoms with Crippen LogP contribution in [0.3, 0.4) is 0 Å². The number of nitrogens with zero attached hydrogens (tertiary/aromatic N) is 2. The first-order valence-electron chi connectivity index (χ1n) is 8.25. The largest absolute Gasteiger partial charge is 0.481 e. The molecule has 2 atom stereocenters. The molecule has 2 aliphatic heterocycles. The Morgan fingerprint density at radius 2 is 2.12 bits per heavy atom. The third-order valence-corrected chi connectivity index (χ3v) is 6.16. The lowest BCUT2D eigenvalue weighted by Gasteiger charge is -2.40. The molecule has 1 aliphatic carbocycles. The Morgan fingerprint density at radius 3 is 2.84 bits per heavy atom. The summed E-state index contributed by atoms with van der Waals surface area (Å²) < 4.78 is 26.7. The zero-order valence-electron chi connectivity index (χ0n) is 13.9. The maximum absolute atomic E-state index is 12.6. The molecule has 9 heteroatoms. The van der Waals surface area contributed by atoms with Gasteiger partial charge in [-0.25, -0.2) is 8.42 Å². The summed E-state index contributed by atoms with van der Waals surface area (Å²) in [7, 11) is -3.44. The van der Waals surface area contributed by atoms with E-state index in [1.165, 1.54) is 12.2 Å². The minimum atomic E-state index is -3.44. The van der Waals surface area contributed by atoms with Crippen LogP contribution in [0.2, 0.25) is 0 Å². The Balaban J connectivity index is 1.77. The molecule has 0 aromatic carbocycles. The van der Waals surface area contributed by atoms with Crippen molar-refractivity contribution in [3.63, 3.8) is 0 Å². The number of carboxylic acid groups (broad SMARTS) is 1. The van der Waals surface area contributed by atoms with E-state index in [0.29, 0.717) is 18.4 Å². The minimum Gasteiger partial charge on any atom is -0.481 e. The summed E-state index contributed by atoms with van der Waals surface area (Å²) in [5.74, 6) is -1.69. The molecule has 3 aliphatic rings. The molecule has 2 unspecified atom stereocenters. The molecule has 0 aromatic rings. The molecule has 0 spiro atoms. The van der Waals surface area contributed by atoms with Gasteiger partial charge in [-0.2, -0.15) is 0 Å². The number of amides is 1. The van der Waals surface area contributed by atoms with E-state index in [9.17, 15) is 23.1 Å². The SMILES string of the molecule is CC1(NC(=O)C2=CN3CCS(=O)(=O)N=C3C=C2)CCCCC1C(=O)O. The van der Waals surface area contributed by atoms with E-state index in [0.717, 1.165) is 12.8 Å². The van der Waals surface area contributed by atoms with Gasteiger partial charge in [-0.1, -0.05) is 12.8 Å². The monoisotopic (exact) mass is 367 g/mol. The highest BCUT2D eigenvalue weighted by molar-refractivity contribution is 7.90. The van der Waals surface area contributed by atoms with Crippen molar-refractivity contribution in [2.24, 2.45) is 10.3 Å². The lowest BCUT2D eigenvalue weighted by atomic mass is 9.73. The number of fused-ring (bicyclic) bond motifs is 1. The fraction of sp³-hybridized carbons (Fsp3) is 0.562. The highest BCUT2D eigenvalue weighted by atomic mass is 32.2. The number of amidine groups is 1. The van der Waals surface area contributed by atoms with Gasteiger partial charge in [0, 0.05) is 12.7 Å². The Labute approximate surface area is 146 Å². The molecule has 0 saturated heterocycles. The smallest absolute Gasteiger partial charge is 0.308 e. The van der Waals surface area contributed by atoms with Gasteiger partial charge >= 0.3 is 5.97 Å². The molecule has 2 heterocycles. The number of nitrogens with one attached hydrogen (secondary N) is 1. The summed E-state index contributed by atoms with van der Waals surface area (Å²) >= 11 is 0. The third kappa shape index (κ3) is 3.60. The first-order chi connectivity index (χ1) is 11.7. The van der Waals surface area contributed by atoms with Gasteiger partial charge in [-0.05, 0) is 31.9 Å². The third-order valence-electron chi connectivity index (χ3n) is 4.99. The summed E-state index contributed by atoms with van der Waals surface area (Å²) in [5.41, 5.74) is -0.440. The van der Waals surface area contributed by atoms with Gasteiger partial charge in [0.25, 0.3) is 15.9 Å². The van der Waals surface area contributed by atoms with Gasteiger partial charge in [0.15, 0.2) is 0 Å². The molecule has 2 N–H and O–H groups in total. The molecule has 3 rings (SSSR count). The van der Waals surface area contributed by atoms with E-state index in [4.69, 9.17) is 0 Å². The van der Waals surface area contributed by atoms with Crippen LogP contribution in [-0.2, 0) is 19.6 Å². The molecule has 0 bridgehead atoms. The van der Waals surface area contributed by atoms with Crippen LogP contribution in [0.15, 0.2) is 28.3 Å². The average molecular weight is 367 g/mol.